The van der Waals surface area contributed by atoms with E-state index < -0.39 is 5.60 Å². The molecule has 1 atom stereocenters. The van der Waals surface area contributed by atoms with Crippen LogP contribution in [-0.4, -0.2) is 16.0 Å². The second-order valence-corrected chi connectivity index (χ2v) is 5.99. The fourth-order valence-corrected chi connectivity index (χ4v) is 2.74. The molecule has 0 spiro atoms. The van der Waals surface area contributed by atoms with E-state index in [1.165, 1.54) is 0 Å². The second-order valence-electron chi connectivity index (χ2n) is 5.99. The van der Waals surface area contributed by atoms with Crippen LogP contribution in [0.3, 0.4) is 0 Å². The van der Waals surface area contributed by atoms with Gasteiger partial charge in [0.1, 0.15) is 0 Å². The van der Waals surface area contributed by atoms with E-state index in [1.807, 2.05) is 31.2 Å². The van der Waals surface area contributed by atoms with E-state index in [2.05, 4.69) is 10.3 Å². The Bertz CT molecular complexity index is 717. The summed E-state index contributed by atoms with van der Waals surface area (Å²) in [5, 5.41) is 13.2. The van der Waals surface area contributed by atoms with Crippen molar-refractivity contribution < 1.29 is 9.90 Å². The molecule has 0 radical (unpaired) electrons. The van der Waals surface area contributed by atoms with Crippen LogP contribution in [0.1, 0.15) is 37.8 Å². The first-order chi connectivity index (χ1) is 9.88. The molecule has 0 saturated carbocycles. The third kappa shape index (κ3) is 2.32. The molecule has 21 heavy (non-hydrogen) atoms. The number of anilines is 1. The number of hydrogen-bond acceptors (Lipinski definition) is 3. The minimum atomic E-state index is -0.947. The molecule has 4 heteroatoms. The Morgan fingerprint density at radius 3 is 2.76 bits per heavy atom. The third-order valence-electron chi connectivity index (χ3n) is 3.96. The summed E-state index contributed by atoms with van der Waals surface area (Å²) in [4.78, 5) is 15.9. The molecular weight excluding hydrogens is 264 g/mol. The first kappa shape index (κ1) is 13.8. The maximum atomic E-state index is 11.7. The molecule has 3 rings (SSSR count). The topological polar surface area (TPSA) is 62.2 Å². The zero-order valence-electron chi connectivity index (χ0n) is 12.3. The molecule has 2 N–H and O–H groups in total. The van der Waals surface area contributed by atoms with Gasteiger partial charge < -0.3 is 10.4 Å². The van der Waals surface area contributed by atoms with E-state index >= 15 is 0 Å². The van der Waals surface area contributed by atoms with Crippen LogP contribution in [0.4, 0.5) is 5.69 Å². The van der Waals surface area contributed by atoms with Crippen molar-refractivity contribution in [1.82, 2.24) is 4.98 Å². The predicted octanol–water partition coefficient (Wildman–Crippen LogP) is 3.03. The molecular formula is C17H18N2O2. The summed E-state index contributed by atoms with van der Waals surface area (Å²) in [6.45, 7) is 5.41. The number of hydrogen-bond donors (Lipinski definition) is 2. The Kier molecular flexibility index (Phi) is 3.06. The number of amides is 1. The molecule has 2 aromatic rings. The maximum absolute atomic E-state index is 11.7. The molecule has 1 aliphatic heterocycles. The number of carbonyl (C=O) groups excluding carboxylic acids is 1. The Balaban J connectivity index is 2.14. The van der Waals surface area contributed by atoms with Gasteiger partial charge >= 0.3 is 0 Å². The van der Waals surface area contributed by atoms with Gasteiger partial charge in [-0.2, -0.15) is 0 Å². The van der Waals surface area contributed by atoms with E-state index in [0.29, 0.717) is 0 Å². The number of aromatic nitrogens is 1. The number of benzene rings is 1. The third-order valence-corrected chi connectivity index (χ3v) is 3.96. The second kappa shape index (κ2) is 4.67. The molecule has 1 unspecified atom stereocenters. The van der Waals surface area contributed by atoms with Gasteiger partial charge in [-0.15, -0.1) is 0 Å². The van der Waals surface area contributed by atoms with Gasteiger partial charge in [0.05, 0.1) is 11.5 Å². The monoisotopic (exact) mass is 282 g/mol. The van der Waals surface area contributed by atoms with E-state index in [-0.39, 0.29) is 11.8 Å². The van der Waals surface area contributed by atoms with Crippen LogP contribution >= 0.6 is 0 Å². The number of nitrogens with one attached hydrogen (secondary N) is 1. The summed E-state index contributed by atoms with van der Waals surface area (Å²) in [5.74, 6) is -0.127. The van der Waals surface area contributed by atoms with E-state index in [4.69, 9.17) is 0 Å². The number of aliphatic hydroxyl groups is 1. The van der Waals surface area contributed by atoms with Crippen molar-refractivity contribution in [3.63, 3.8) is 0 Å². The van der Waals surface area contributed by atoms with Crippen LogP contribution in [0.2, 0.25) is 0 Å². The zero-order chi connectivity index (χ0) is 15.2. The van der Waals surface area contributed by atoms with Crippen molar-refractivity contribution in [1.29, 1.82) is 0 Å². The van der Waals surface area contributed by atoms with Gasteiger partial charge in [0.15, 0.2) is 0 Å². The minimum Gasteiger partial charge on any atom is -0.386 e. The van der Waals surface area contributed by atoms with Crippen LogP contribution in [0.15, 0.2) is 36.7 Å². The molecule has 2 heterocycles. The Morgan fingerprint density at radius 2 is 2.05 bits per heavy atom. The van der Waals surface area contributed by atoms with Crippen molar-refractivity contribution in [3.8, 4) is 11.1 Å². The highest BCUT2D eigenvalue weighted by Crippen LogP contribution is 2.37. The molecule has 108 valence electrons. The highest BCUT2D eigenvalue weighted by molar-refractivity contribution is 6.03. The Hall–Kier alpha value is -2.20. The quantitative estimate of drug-likeness (QED) is 0.890. The smallest absolute Gasteiger partial charge is 0.231 e. The van der Waals surface area contributed by atoms with Gasteiger partial charge in [-0.05, 0) is 55.7 Å². The molecule has 1 aliphatic rings. The average molecular weight is 282 g/mol. The minimum absolute atomic E-state index is 0.0241. The Labute approximate surface area is 123 Å². The largest absolute Gasteiger partial charge is 0.386 e. The van der Waals surface area contributed by atoms with Gasteiger partial charge in [-0.3, -0.25) is 9.78 Å². The first-order valence-electron chi connectivity index (χ1n) is 7.00. The average Bonchev–Trinajstić information content (AvgIpc) is 2.73. The number of pyridine rings is 1. The lowest BCUT2D eigenvalue weighted by molar-refractivity contribution is -0.116. The van der Waals surface area contributed by atoms with Crippen molar-refractivity contribution in [2.24, 2.45) is 0 Å². The van der Waals surface area contributed by atoms with E-state index in [1.54, 1.807) is 26.2 Å². The SMILES string of the molecule is CC1C(=O)Nc2ccc(-c3cnccc3C(C)(C)O)cc21. The molecule has 1 aromatic carbocycles. The summed E-state index contributed by atoms with van der Waals surface area (Å²) >= 11 is 0. The fraction of sp³-hybridized carbons (Fsp3) is 0.294. The summed E-state index contributed by atoms with van der Waals surface area (Å²) in [6, 6.07) is 7.69. The van der Waals surface area contributed by atoms with Crippen LogP contribution in [-0.2, 0) is 10.4 Å². The van der Waals surface area contributed by atoms with Crippen molar-refractivity contribution in [3.05, 3.63) is 47.8 Å². The lowest BCUT2D eigenvalue weighted by atomic mass is 9.89. The zero-order valence-corrected chi connectivity index (χ0v) is 12.3. The van der Waals surface area contributed by atoms with Gasteiger partial charge in [-0.25, -0.2) is 0 Å². The molecule has 0 fully saturated rings. The van der Waals surface area contributed by atoms with E-state index in [0.717, 1.165) is 27.9 Å². The summed E-state index contributed by atoms with van der Waals surface area (Å²) in [5.41, 5.74) is 3.58. The first-order valence-corrected chi connectivity index (χ1v) is 7.00. The number of fused-ring (bicyclic) bond motifs is 1. The van der Waals surface area contributed by atoms with Gasteiger partial charge in [0, 0.05) is 23.6 Å². The highest BCUT2D eigenvalue weighted by atomic mass is 16.3. The lowest BCUT2D eigenvalue weighted by Crippen LogP contribution is -2.17. The molecule has 4 nitrogen and oxygen atoms in total. The van der Waals surface area contributed by atoms with Gasteiger partial charge in [-0.1, -0.05) is 6.07 Å². The van der Waals surface area contributed by atoms with E-state index in [9.17, 15) is 9.90 Å². The molecule has 1 amide bonds. The molecule has 0 bridgehead atoms. The summed E-state index contributed by atoms with van der Waals surface area (Å²) in [7, 11) is 0. The number of rotatable bonds is 2. The van der Waals surface area contributed by atoms with Crippen LogP contribution < -0.4 is 5.32 Å². The van der Waals surface area contributed by atoms with Crippen molar-refractivity contribution in [2.75, 3.05) is 5.32 Å². The van der Waals surface area contributed by atoms with Crippen LogP contribution in [0.5, 0.6) is 0 Å². The standard InChI is InChI=1S/C17H18N2O2/c1-10-12-8-11(4-5-15(12)19-16(10)20)13-9-18-7-6-14(13)17(2,3)21/h4-10,21H,1-3H3,(H,19,20). The van der Waals surface area contributed by atoms with Crippen molar-refractivity contribution >= 4 is 11.6 Å². The van der Waals surface area contributed by atoms with Gasteiger partial charge in [0.2, 0.25) is 5.91 Å². The predicted molar refractivity (Wildman–Crippen MR) is 82.0 cm³/mol. The number of nitrogens with zero attached hydrogens (tertiary/aromatic N) is 1. The molecule has 0 aliphatic carbocycles. The molecule has 1 aromatic heterocycles. The van der Waals surface area contributed by atoms with Crippen LogP contribution in [0, 0.1) is 0 Å². The van der Waals surface area contributed by atoms with Gasteiger partial charge in [0.25, 0.3) is 0 Å². The normalized spacial score (nSPS) is 17.5. The number of carbonyl (C=O) groups is 1. The summed E-state index contributed by atoms with van der Waals surface area (Å²) < 4.78 is 0. The van der Waals surface area contributed by atoms with Crippen molar-refractivity contribution in [2.45, 2.75) is 32.3 Å². The maximum Gasteiger partial charge on any atom is 0.231 e. The van der Waals surface area contributed by atoms with Crippen LogP contribution in [0.25, 0.3) is 11.1 Å². The summed E-state index contributed by atoms with van der Waals surface area (Å²) in [6.07, 6.45) is 3.43. The lowest BCUT2D eigenvalue weighted by Gasteiger charge is -2.21. The highest BCUT2D eigenvalue weighted by Gasteiger charge is 2.27. The fourth-order valence-electron chi connectivity index (χ4n) is 2.74. The molecule has 0 saturated heterocycles. The Morgan fingerprint density at radius 1 is 1.29 bits per heavy atom.